The van der Waals surface area contributed by atoms with Gasteiger partial charge in [0.25, 0.3) is 0 Å². The number of aliphatic carboxylic acids is 2. The molecule has 0 fully saturated rings. The fourth-order valence-electron chi connectivity index (χ4n) is 2.31. The molecule has 90 valence electrons. The van der Waals surface area contributed by atoms with E-state index in [1.54, 1.807) is 6.08 Å². The average molecular weight is 226 g/mol. The number of unbranched alkanes of at least 4 members (excludes halogenated alkanes) is 1. The molecule has 0 amide bonds. The van der Waals surface area contributed by atoms with E-state index in [0.29, 0.717) is 6.42 Å². The molecule has 16 heavy (non-hydrogen) atoms. The molecule has 0 bridgehead atoms. The van der Waals surface area contributed by atoms with Gasteiger partial charge in [-0.05, 0) is 18.8 Å². The van der Waals surface area contributed by atoms with Crippen molar-refractivity contribution in [2.75, 3.05) is 0 Å². The fourth-order valence-corrected chi connectivity index (χ4v) is 2.31. The molecule has 3 atom stereocenters. The number of rotatable bonds is 5. The predicted molar refractivity (Wildman–Crippen MR) is 59.0 cm³/mol. The van der Waals surface area contributed by atoms with Gasteiger partial charge in [0, 0.05) is 0 Å². The molecule has 2 N–H and O–H groups in total. The lowest BCUT2D eigenvalue weighted by Crippen LogP contribution is -2.36. The quantitative estimate of drug-likeness (QED) is 0.704. The van der Waals surface area contributed by atoms with Gasteiger partial charge in [-0.1, -0.05) is 31.9 Å². The Labute approximate surface area is 95.0 Å². The molecule has 4 nitrogen and oxygen atoms in total. The Balaban J connectivity index is 2.81. The van der Waals surface area contributed by atoms with Crippen molar-refractivity contribution < 1.29 is 19.8 Å². The Kier molecular flexibility index (Phi) is 4.52. The van der Waals surface area contributed by atoms with E-state index in [1.807, 2.05) is 6.92 Å². The third-order valence-corrected chi connectivity index (χ3v) is 3.18. The average Bonchev–Trinajstić information content (AvgIpc) is 2.25. The van der Waals surface area contributed by atoms with Crippen LogP contribution in [0.1, 0.15) is 32.6 Å². The predicted octanol–water partition coefficient (Wildman–Crippen LogP) is 2.15. The van der Waals surface area contributed by atoms with Gasteiger partial charge in [0.05, 0.1) is 11.8 Å². The Morgan fingerprint density at radius 1 is 1.31 bits per heavy atom. The van der Waals surface area contributed by atoms with E-state index in [1.165, 1.54) is 6.08 Å². The van der Waals surface area contributed by atoms with Crippen LogP contribution in [0, 0.1) is 17.8 Å². The molecule has 0 heterocycles. The molecule has 0 aromatic carbocycles. The minimum absolute atomic E-state index is 0.0384. The van der Waals surface area contributed by atoms with Crippen molar-refractivity contribution in [1.29, 1.82) is 0 Å². The molecule has 0 saturated heterocycles. The van der Waals surface area contributed by atoms with E-state index < -0.39 is 23.8 Å². The highest BCUT2D eigenvalue weighted by Crippen LogP contribution is 2.34. The summed E-state index contributed by atoms with van der Waals surface area (Å²) >= 11 is 0. The fraction of sp³-hybridized carbons (Fsp3) is 0.667. The Bertz CT molecular complexity index is 295. The van der Waals surface area contributed by atoms with Crippen molar-refractivity contribution >= 4 is 11.9 Å². The van der Waals surface area contributed by atoms with Crippen molar-refractivity contribution in [2.24, 2.45) is 17.8 Å². The molecule has 1 aliphatic rings. The molecule has 0 radical (unpaired) electrons. The first-order valence-electron chi connectivity index (χ1n) is 5.70. The van der Waals surface area contributed by atoms with Crippen LogP contribution in [0.15, 0.2) is 12.2 Å². The van der Waals surface area contributed by atoms with E-state index in [0.717, 1.165) is 19.3 Å². The van der Waals surface area contributed by atoms with Gasteiger partial charge in [0.2, 0.25) is 0 Å². The van der Waals surface area contributed by atoms with Crippen LogP contribution in [0.2, 0.25) is 0 Å². The zero-order valence-electron chi connectivity index (χ0n) is 9.43. The third-order valence-electron chi connectivity index (χ3n) is 3.18. The van der Waals surface area contributed by atoms with Gasteiger partial charge in [0.15, 0.2) is 0 Å². The van der Waals surface area contributed by atoms with E-state index in [2.05, 4.69) is 0 Å². The van der Waals surface area contributed by atoms with E-state index >= 15 is 0 Å². The van der Waals surface area contributed by atoms with Crippen LogP contribution in [-0.2, 0) is 9.59 Å². The molecular weight excluding hydrogens is 208 g/mol. The second-order valence-corrected chi connectivity index (χ2v) is 4.29. The lowest BCUT2D eigenvalue weighted by Gasteiger charge is -2.29. The second kappa shape index (κ2) is 5.68. The summed E-state index contributed by atoms with van der Waals surface area (Å²) in [4.78, 5) is 22.1. The summed E-state index contributed by atoms with van der Waals surface area (Å²) < 4.78 is 0. The van der Waals surface area contributed by atoms with Gasteiger partial charge in [0.1, 0.15) is 0 Å². The number of hydrogen-bond acceptors (Lipinski definition) is 2. The molecule has 0 saturated carbocycles. The Hall–Kier alpha value is -1.32. The third kappa shape index (κ3) is 2.84. The van der Waals surface area contributed by atoms with Crippen molar-refractivity contribution in [1.82, 2.24) is 0 Å². The summed E-state index contributed by atoms with van der Waals surface area (Å²) in [6.45, 7) is 2.04. The molecule has 1 aliphatic carbocycles. The molecule has 1 rings (SSSR count). The van der Waals surface area contributed by atoms with Crippen LogP contribution in [0.5, 0.6) is 0 Å². The van der Waals surface area contributed by atoms with Crippen molar-refractivity contribution in [3.05, 3.63) is 12.2 Å². The van der Waals surface area contributed by atoms with E-state index in [9.17, 15) is 9.59 Å². The van der Waals surface area contributed by atoms with Gasteiger partial charge in [-0.2, -0.15) is 0 Å². The molecular formula is C12H18O4. The van der Waals surface area contributed by atoms with Gasteiger partial charge in [-0.15, -0.1) is 0 Å². The van der Waals surface area contributed by atoms with Gasteiger partial charge >= 0.3 is 11.9 Å². The molecule has 0 aromatic heterocycles. The van der Waals surface area contributed by atoms with Crippen molar-refractivity contribution in [3.8, 4) is 0 Å². The first-order valence-corrected chi connectivity index (χ1v) is 5.70. The highest BCUT2D eigenvalue weighted by molar-refractivity contribution is 5.82. The zero-order valence-corrected chi connectivity index (χ0v) is 9.43. The Morgan fingerprint density at radius 3 is 2.50 bits per heavy atom. The normalized spacial score (nSPS) is 28.9. The maximum Gasteiger partial charge on any atom is 0.311 e. The maximum absolute atomic E-state index is 11.1. The highest BCUT2D eigenvalue weighted by Gasteiger charge is 2.39. The topological polar surface area (TPSA) is 74.6 Å². The largest absolute Gasteiger partial charge is 0.481 e. The van der Waals surface area contributed by atoms with Crippen LogP contribution in [0.4, 0.5) is 0 Å². The second-order valence-electron chi connectivity index (χ2n) is 4.29. The minimum Gasteiger partial charge on any atom is -0.481 e. The summed E-state index contributed by atoms with van der Waals surface area (Å²) in [6.07, 6.45) is 6.75. The van der Waals surface area contributed by atoms with Crippen LogP contribution >= 0.6 is 0 Å². The number of carboxylic acid groups (broad SMARTS) is 2. The lowest BCUT2D eigenvalue weighted by molar-refractivity contribution is -0.154. The smallest absolute Gasteiger partial charge is 0.311 e. The zero-order chi connectivity index (χ0) is 12.1. The molecule has 4 heteroatoms. The summed E-state index contributed by atoms with van der Waals surface area (Å²) in [5.74, 6) is -3.70. The van der Waals surface area contributed by atoms with Gasteiger partial charge in [-0.25, -0.2) is 0 Å². The summed E-state index contributed by atoms with van der Waals surface area (Å²) in [5.41, 5.74) is 0. The monoisotopic (exact) mass is 226 g/mol. The van der Waals surface area contributed by atoms with Crippen molar-refractivity contribution in [2.45, 2.75) is 32.6 Å². The van der Waals surface area contributed by atoms with Crippen LogP contribution in [-0.4, -0.2) is 22.2 Å². The summed E-state index contributed by atoms with van der Waals surface area (Å²) in [5, 5.41) is 18.1. The van der Waals surface area contributed by atoms with Gasteiger partial charge in [-0.3, -0.25) is 9.59 Å². The Morgan fingerprint density at radius 2 is 2.00 bits per heavy atom. The SMILES string of the molecule is CCCCC1CC=CC(C(=O)O)C1C(=O)O. The number of carbonyl (C=O) groups is 2. The standard InChI is InChI=1S/C12H18O4/c1-2-3-5-8-6-4-7-9(11(13)14)10(8)12(15)16/h4,7-10H,2-3,5-6H2,1H3,(H,13,14)(H,15,16). The van der Waals surface area contributed by atoms with E-state index in [4.69, 9.17) is 10.2 Å². The lowest BCUT2D eigenvalue weighted by atomic mass is 9.74. The minimum atomic E-state index is -1.04. The number of hydrogen-bond donors (Lipinski definition) is 2. The van der Waals surface area contributed by atoms with Crippen molar-refractivity contribution in [3.63, 3.8) is 0 Å². The highest BCUT2D eigenvalue weighted by atomic mass is 16.4. The van der Waals surface area contributed by atoms with Crippen LogP contribution < -0.4 is 0 Å². The number of allylic oxidation sites excluding steroid dienone is 1. The van der Waals surface area contributed by atoms with Gasteiger partial charge < -0.3 is 10.2 Å². The number of carboxylic acids is 2. The van der Waals surface area contributed by atoms with E-state index in [-0.39, 0.29) is 5.92 Å². The van der Waals surface area contributed by atoms with Crippen LogP contribution in [0.3, 0.4) is 0 Å². The van der Waals surface area contributed by atoms with Crippen LogP contribution in [0.25, 0.3) is 0 Å². The maximum atomic E-state index is 11.1. The molecule has 0 aromatic rings. The first-order chi connectivity index (χ1) is 7.57. The summed E-state index contributed by atoms with van der Waals surface area (Å²) in [6, 6.07) is 0. The molecule has 3 unspecified atom stereocenters. The molecule has 0 spiro atoms. The molecule has 0 aliphatic heterocycles. The summed E-state index contributed by atoms with van der Waals surface area (Å²) in [7, 11) is 0. The first kappa shape index (κ1) is 12.7.